The average molecular weight is 1630 g/mol. The zero-order valence-corrected chi connectivity index (χ0v) is 68.8. The third kappa shape index (κ3) is 13.7. The first-order valence-corrected chi connectivity index (χ1v) is 43.1. The van der Waals surface area contributed by atoms with E-state index in [0.717, 1.165) is 149 Å². The number of aromatic nitrogens is 8. The van der Waals surface area contributed by atoms with Crippen molar-refractivity contribution in [1.29, 1.82) is 0 Å². The van der Waals surface area contributed by atoms with E-state index in [4.69, 9.17) is 44.3 Å². The molecule has 0 aliphatic heterocycles. The van der Waals surface area contributed by atoms with Crippen molar-refractivity contribution in [2.45, 2.75) is 0 Å². The lowest BCUT2D eigenvalue weighted by atomic mass is 9.91. The standard InChI is InChI=1S/C58H36N4O.C58H36N4S/c2*1-4-16-37(17-5-1)44-25-13-29-49-52(44)50-30-14-26-45(54(50)59-53(49)39-18-6-2-7-19-39)42-22-12-23-43(36-42)58-61-56(40-20-8-3-9-21-40)60-57(62-58)41-34-32-38(33-35-41)46-27-15-28-48-47-24-10-11-31-51(47)63-55(46)48/h2*1-36H. The summed E-state index contributed by atoms with van der Waals surface area (Å²) < 4.78 is 8.97. The van der Waals surface area contributed by atoms with Crippen molar-refractivity contribution in [3.8, 4) is 158 Å². The van der Waals surface area contributed by atoms with E-state index in [1.54, 1.807) is 0 Å². The molecule has 9 nitrogen and oxygen atoms in total. The van der Waals surface area contributed by atoms with Crippen LogP contribution < -0.4 is 0 Å². The molecule has 0 radical (unpaired) electrons. The predicted molar refractivity (Wildman–Crippen MR) is 522 cm³/mol. The molecule has 6 aromatic heterocycles. The molecular weight excluding hydrogens is 1550 g/mol. The molecule has 0 aliphatic rings. The zero-order chi connectivity index (χ0) is 83.4. The van der Waals surface area contributed by atoms with Crippen LogP contribution in [0.5, 0.6) is 0 Å². The molecule has 0 aliphatic carbocycles. The quantitative estimate of drug-likeness (QED) is 0.0981. The minimum absolute atomic E-state index is 0.590. The van der Waals surface area contributed by atoms with Gasteiger partial charge in [-0.3, -0.25) is 0 Å². The van der Waals surface area contributed by atoms with E-state index < -0.39 is 0 Å². The Morgan fingerprint density at radius 3 is 0.929 bits per heavy atom. The van der Waals surface area contributed by atoms with Crippen LogP contribution in [0.15, 0.2) is 441 Å². The largest absolute Gasteiger partial charge is 0.455 e. The van der Waals surface area contributed by atoms with Crippen LogP contribution in [0.3, 0.4) is 0 Å². The third-order valence-electron chi connectivity index (χ3n) is 23.9. The van der Waals surface area contributed by atoms with Gasteiger partial charge in [0.25, 0.3) is 0 Å². The molecule has 6 heterocycles. The van der Waals surface area contributed by atoms with Crippen LogP contribution in [-0.4, -0.2) is 39.9 Å². The number of furan rings is 1. The van der Waals surface area contributed by atoms with Gasteiger partial charge in [0.1, 0.15) is 11.2 Å². The van der Waals surface area contributed by atoms with Gasteiger partial charge in [0.05, 0.1) is 22.4 Å². The van der Waals surface area contributed by atoms with Crippen molar-refractivity contribution in [2.75, 3.05) is 0 Å². The number of hydrogen-bond acceptors (Lipinski definition) is 10. The van der Waals surface area contributed by atoms with Gasteiger partial charge in [-0.1, -0.05) is 413 Å². The maximum atomic E-state index is 6.38. The summed E-state index contributed by atoms with van der Waals surface area (Å²) in [5, 5.41) is 11.6. The normalized spacial score (nSPS) is 11.5. The Hall–Kier alpha value is -16.7. The summed E-state index contributed by atoms with van der Waals surface area (Å²) >= 11 is 1.85. The topological polar surface area (TPSA) is 116 Å². The highest BCUT2D eigenvalue weighted by molar-refractivity contribution is 7.26. The molecule has 0 N–H and O–H groups in total. The highest BCUT2D eigenvalue weighted by Crippen LogP contribution is 2.47. The summed E-state index contributed by atoms with van der Waals surface area (Å²) in [5.41, 5.74) is 26.4. The molecule has 0 fully saturated rings. The number of pyridine rings is 2. The van der Waals surface area contributed by atoms with E-state index in [1.807, 2.05) is 96.3 Å². The van der Waals surface area contributed by atoms with E-state index in [-0.39, 0.29) is 0 Å². The Balaban J connectivity index is 0.000000145. The maximum absolute atomic E-state index is 6.38. The lowest BCUT2D eigenvalue weighted by molar-refractivity contribution is 0.670. The first kappa shape index (κ1) is 74.4. The summed E-state index contributed by atoms with van der Waals surface area (Å²) in [6.45, 7) is 0. The summed E-state index contributed by atoms with van der Waals surface area (Å²) in [4.78, 5) is 41.7. The number of fused-ring (bicyclic) bond motifs is 12. The molecule has 0 unspecified atom stereocenters. The fourth-order valence-electron chi connectivity index (χ4n) is 17.9. The van der Waals surface area contributed by atoms with Crippen molar-refractivity contribution in [1.82, 2.24) is 39.9 Å². The van der Waals surface area contributed by atoms with Crippen LogP contribution in [0.4, 0.5) is 0 Å². The van der Waals surface area contributed by atoms with Crippen molar-refractivity contribution in [2.24, 2.45) is 0 Å². The molecule has 126 heavy (non-hydrogen) atoms. The van der Waals surface area contributed by atoms with Crippen LogP contribution in [-0.2, 0) is 0 Å². The number of hydrogen-bond donors (Lipinski definition) is 0. The Bertz CT molecular complexity index is 7810. The lowest BCUT2D eigenvalue weighted by Gasteiger charge is -2.16. The lowest BCUT2D eigenvalue weighted by Crippen LogP contribution is -2.00. The number of nitrogens with zero attached hydrogens (tertiary/aromatic N) is 8. The fourth-order valence-corrected chi connectivity index (χ4v) is 19.1. The molecule has 0 spiro atoms. The fraction of sp³-hybridized carbons (Fsp3) is 0. The van der Waals surface area contributed by atoms with Gasteiger partial charge >= 0.3 is 0 Å². The van der Waals surface area contributed by atoms with E-state index in [2.05, 4.69) is 352 Å². The van der Waals surface area contributed by atoms with Crippen molar-refractivity contribution >= 4 is 96.8 Å². The monoisotopic (exact) mass is 1620 g/mol. The van der Waals surface area contributed by atoms with E-state index >= 15 is 0 Å². The average Bonchev–Trinajstić information content (AvgIpc) is 1.07. The minimum Gasteiger partial charge on any atom is -0.455 e. The van der Waals surface area contributed by atoms with Crippen LogP contribution in [0.25, 0.3) is 243 Å². The predicted octanol–water partition coefficient (Wildman–Crippen LogP) is 30.8. The first-order chi connectivity index (χ1) is 62.5. The van der Waals surface area contributed by atoms with Gasteiger partial charge in [-0.05, 0) is 74.3 Å². The first-order valence-electron chi connectivity index (χ1n) is 42.3. The Labute approximate surface area is 730 Å². The van der Waals surface area contributed by atoms with Crippen molar-refractivity contribution < 1.29 is 4.42 Å². The summed E-state index contributed by atoms with van der Waals surface area (Å²) in [5.74, 6) is 3.64. The van der Waals surface area contributed by atoms with Crippen LogP contribution in [0, 0.1) is 0 Å². The van der Waals surface area contributed by atoms with Gasteiger partial charge in [0, 0.05) is 124 Å². The Morgan fingerprint density at radius 1 is 0.175 bits per heavy atom. The summed E-state index contributed by atoms with van der Waals surface area (Å²) in [7, 11) is 0. The number of benzene rings is 18. The minimum atomic E-state index is 0.590. The number of para-hydroxylation sites is 4. The highest BCUT2D eigenvalue weighted by Gasteiger charge is 2.24. The maximum Gasteiger partial charge on any atom is 0.164 e. The molecule has 0 bridgehead atoms. The molecule has 0 saturated heterocycles. The van der Waals surface area contributed by atoms with Crippen molar-refractivity contribution in [3.63, 3.8) is 0 Å². The second-order valence-corrected chi connectivity index (χ2v) is 32.5. The second-order valence-electron chi connectivity index (χ2n) is 31.5. The highest BCUT2D eigenvalue weighted by atomic mass is 32.1. The van der Waals surface area contributed by atoms with E-state index in [0.29, 0.717) is 34.9 Å². The molecule has 588 valence electrons. The molecule has 18 aromatic carbocycles. The Kier molecular flexibility index (Phi) is 18.9. The number of rotatable bonds is 14. The summed E-state index contributed by atoms with van der Waals surface area (Å²) in [6.07, 6.45) is 0. The van der Waals surface area contributed by atoms with Gasteiger partial charge in [-0.2, -0.15) is 0 Å². The van der Waals surface area contributed by atoms with Gasteiger partial charge in [0.15, 0.2) is 34.9 Å². The van der Waals surface area contributed by atoms with Crippen LogP contribution in [0.2, 0.25) is 0 Å². The van der Waals surface area contributed by atoms with E-state index in [1.165, 1.54) is 58.8 Å². The SMILES string of the molecule is c1ccc(-c2nc(-c3ccc(-c4cccc5c4oc4ccccc45)cc3)nc(-c3cccc(-c4cccc5c4nc(-c4ccccc4)c4cccc(-c6ccccc6)c45)c3)n2)cc1.c1ccc(-c2nc(-c3ccc(-c4cccc5c4sc4ccccc45)cc3)nc(-c3cccc(-c4cccc5c4nc(-c4ccccc4)c4cccc(-c6ccccc6)c45)c3)n2)cc1. The molecule has 0 saturated carbocycles. The molecular formula is C116H72N8OS. The molecule has 10 heteroatoms. The third-order valence-corrected chi connectivity index (χ3v) is 25.1. The smallest absolute Gasteiger partial charge is 0.164 e. The van der Waals surface area contributed by atoms with Crippen LogP contribution >= 0.6 is 11.3 Å². The van der Waals surface area contributed by atoms with Crippen LogP contribution in [0.1, 0.15) is 0 Å². The molecule has 0 atom stereocenters. The van der Waals surface area contributed by atoms with Gasteiger partial charge in [-0.15, -0.1) is 11.3 Å². The van der Waals surface area contributed by atoms with E-state index in [9.17, 15) is 0 Å². The number of thiophene rings is 1. The second kappa shape index (κ2) is 32.1. The summed E-state index contributed by atoms with van der Waals surface area (Å²) in [6, 6.07) is 152. The van der Waals surface area contributed by atoms with Gasteiger partial charge in [0.2, 0.25) is 0 Å². The van der Waals surface area contributed by atoms with Gasteiger partial charge in [-0.25, -0.2) is 39.9 Å². The van der Waals surface area contributed by atoms with Gasteiger partial charge < -0.3 is 4.42 Å². The zero-order valence-electron chi connectivity index (χ0n) is 68.0. The molecule has 0 amide bonds. The molecule has 24 rings (SSSR count). The van der Waals surface area contributed by atoms with Crippen molar-refractivity contribution in [3.05, 3.63) is 437 Å². The molecule has 24 aromatic rings. The Morgan fingerprint density at radius 2 is 0.468 bits per heavy atom.